The molecule has 2 aromatic rings. The van der Waals surface area contributed by atoms with Gasteiger partial charge in [-0.1, -0.05) is 0 Å². The Morgan fingerprint density at radius 1 is 1.22 bits per heavy atom. The predicted octanol–water partition coefficient (Wildman–Crippen LogP) is 2.50. The van der Waals surface area contributed by atoms with Crippen molar-refractivity contribution < 1.29 is 13.9 Å². The van der Waals surface area contributed by atoms with Crippen LogP contribution in [0.3, 0.4) is 0 Å². The number of hydrogen-bond donors (Lipinski definition) is 0. The fourth-order valence-electron chi connectivity index (χ4n) is 2.87. The van der Waals surface area contributed by atoms with E-state index in [1.807, 2.05) is 13.0 Å². The molecule has 122 valence electrons. The standard InChI is InChI=1S/C17H20FN3O2/c1-11-14(8-19-17(20-11)23-3)10-21-5-4-12-7-16(22-2)15(18)6-13(12)9-21/h6-8H,4-5,9-10H2,1-3H3. The molecule has 0 saturated carbocycles. The van der Waals surface area contributed by atoms with Crippen molar-refractivity contribution in [3.8, 4) is 11.8 Å². The Bertz CT molecular complexity index is 721. The van der Waals surface area contributed by atoms with Crippen molar-refractivity contribution in [1.29, 1.82) is 0 Å². The summed E-state index contributed by atoms with van der Waals surface area (Å²) in [6, 6.07) is 3.77. The number of nitrogens with zero attached hydrogens (tertiary/aromatic N) is 3. The fraction of sp³-hybridized carbons (Fsp3) is 0.412. The summed E-state index contributed by atoms with van der Waals surface area (Å²) < 4.78 is 24.0. The molecule has 1 aromatic carbocycles. The van der Waals surface area contributed by atoms with Crippen LogP contribution in [0.2, 0.25) is 0 Å². The lowest BCUT2D eigenvalue weighted by molar-refractivity contribution is 0.242. The summed E-state index contributed by atoms with van der Waals surface area (Å²) in [6.45, 7) is 4.31. The van der Waals surface area contributed by atoms with Crippen LogP contribution >= 0.6 is 0 Å². The van der Waals surface area contributed by atoms with Crippen molar-refractivity contribution in [1.82, 2.24) is 14.9 Å². The molecule has 2 heterocycles. The highest BCUT2D eigenvalue weighted by molar-refractivity contribution is 5.38. The lowest BCUT2D eigenvalue weighted by Gasteiger charge is -2.29. The Morgan fingerprint density at radius 2 is 2.04 bits per heavy atom. The topological polar surface area (TPSA) is 47.5 Å². The molecule has 1 aromatic heterocycles. The molecule has 1 aliphatic rings. The highest BCUT2D eigenvalue weighted by atomic mass is 19.1. The maximum Gasteiger partial charge on any atom is 0.316 e. The molecule has 3 rings (SSSR count). The van der Waals surface area contributed by atoms with Crippen LogP contribution < -0.4 is 9.47 Å². The molecular formula is C17H20FN3O2. The van der Waals surface area contributed by atoms with Crippen LogP contribution in [0.25, 0.3) is 0 Å². The highest BCUT2D eigenvalue weighted by Gasteiger charge is 2.20. The van der Waals surface area contributed by atoms with Crippen molar-refractivity contribution in [3.63, 3.8) is 0 Å². The van der Waals surface area contributed by atoms with Crippen LogP contribution in [-0.4, -0.2) is 35.6 Å². The SMILES string of the molecule is COc1ncc(CN2CCc3cc(OC)c(F)cc3C2)c(C)n1. The van der Waals surface area contributed by atoms with Gasteiger partial charge in [0, 0.05) is 37.1 Å². The van der Waals surface area contributed by atoms with Gasteiger partial charge in [-0.25, -0.2) is 14.4 Å². The molecule has 6 heteroatoms. The number of aryl methyl sites for hydroxylation is 1. The van der Waals surface area contributed by atoms with Crippen molar-refractivity contribution in [2.24, 2.45) is 0 Å². The Labute approximate surface area is 135 Å². The Kier molecular flexibility index (Phi) is 4.43. The fourth-order valence-corrected chi connectivity index (χ4v) is 2.87. The highest BCUT2D eigenvalue weighted by Crippen LogP contribution is 2.27. The van der Waals surface area contributed by atoms with Gasteiger partial charge in [-0.05, 0) is 36.6 Å². The van der Waals surface area contributed by atoms with E-state index in [2.05, 4.69) is 14.9 Å². The van der Waals surface area contributed by atoms with Crippen LogP contribution in [0.1, 0.15) is 22.4 Å². The molecule has 0 N–H and O–H groups in total. The van der Waals surface area contributed by atoms with E-state index in [-0.39, 0.29) is 5.82 Å². The van der Waals surface area contributed by atoms with E-state index in [1.165, 1.54) is 7.11 Å². The molecule has 0 bridgehead atoms. The Balaban J connectivity index is 1.76. The summed E-state index contributed by atoms with van der Waals surface area (Å²) in [5.41, 5.74) is 4.13. The van der Waals surface area contributed by atoms with Gasteiger partial charge in [0.1, 0.15) is 0 Å². The second-order valence-corrected chi connectivity index (χ2v) is 5.68. The molecule has 0 saturated heterocycles. The number of fused-ring (bicyclic) bond motifs is 1. The van der Waals surface area contributed by atoms with Gasteiger partial charge in [-0.15, -0.1) is 0 Å². The smallest absolute Gasteiger partial charge is 0.316 e. The first-order chi connectivity index (χ1) is 11.1. The number of methoxy groups -OCH3 is 2. The van der Waals surface area contributed by atoms with Crippen LogP contribution in [0.5, 0.6) is 11.8 Å². The zero-order chi connectivity index (χ0) is 16.4. The van der Waals surface area contributed by atoms with E-state index in [0.717, 1.165) is 41.9 Å². The predicted molar refractivity (Wildman–Crippen MR) is 84.1 cm³/mol. The third kappa shape index (κ3) is 3.27. The first-order valence-corrected chi connectivity index (χ1v) is 7.55. The van der Waals surface area contributed by atoms with E-state index in [9.17, 15) is 4.39 Å². The molecule has 0 spiro atoms. The largest absolute Gasteiger partial charge is 0.494 e. The lowest BCUT2D eigenvalue weighted by Crippen LogP contribution is -2.30. The van der Waals surface area contributed by atoms with E-state index in [1.54, 1.807) is 19.4 Å². The van der Waals surface area contributed by atoms with Crippen LogP contribution in [0.15, 0.2) is 18.3 Å². The second-order valence-electron chi connectivity index (χ2n) is 5.68. The minimum Gasteiger partial charge on any atom is -0.494 e. The first-order valence-electron chi connectivity index (χ1n) is 7.55. The normalized spacial score (nSPS) is 14.4. The van der Waals surface area contributed by atoms with Crippen molar-refractivity contribution in [2.75, 3.05) is 20.8 Å². The number of rotatable bonds is 4. The quantitative estimate of drug-likeness (QED) is 0.867. The van der Waals surface area contributed by atoms with Crippen LogP contribution in [0.4, 0.5) is 4.39 Å². The molecule has 0 atom stereocenters. The van der Waals surface area contributed by atoms with Gasteiger partial charge in [0.25, 0.3) is 0 Å². The van der Waals surface area contributed by atoms with Gasteiger partial charge in [0.15, 0.2) is 11.6 Å². The number of hydrogen-bond acceptors (Lipinski definition) is 5. The van der Waals surface area contributed by atoms with E-state index in [4.69, 9.17) is 9.47 Å². The van der Waals surface area contributed by atoms with Gasteiger partial charge >= 0.3 is 6.01 Å². The van der Waals surface area contributed by atoms with E-state index in [0.29, 0.717) is 18.3 Å². The summed E-state index contributed by atoms with van der Waals surface area (Å²) in [5.74, 6) is 0.00802. The molecule has 0 fully saturated rings. The molecule has 0 aliphatic carbocycles. The third-order valence-electron chi connectivity index (χ3n) is 4.20. The van der Waals surface area contributed by atoms with Crippen molar-refractivity contribution in [2.45, 2.75) is 26.4 Å². The molecule has 0 radical (unpaired) electrons. The number of aromatic nitrogens is 2. The second kappa shape index (κ2) is 6.50. The van der Waals surface area contributed by atoms with Gasteiger partial charge in [0.2, 0.25) is 0 Å². The maximum atomic E-state index is 13.9. The molecule has 0 amide bonds. The summed E-state index contributed by atoms with van der Waals surface area (Å²) in [4.78, 5) is 10.7. The molecule has 23 heavy (non-hydrogen) atoms. The third-order valence-corrected chi connectivity index (χ3v) is 4.20. The summed E-state index contributed by atoms with van der Waals surface area (Å²) in [7, 11) is 3.05. The number of ether oxygens (including phenoxy) is 2. The first kappa shape index (κ1) is 15.7. The lowest BCUT2D eigenvalue weighted by atomic mass is 9.98. The Hall–Kier alpha value is -2.21. The zero-order valence-corrected chi connectivity index (χ0v) is 13.6. The zero-order valence-electron chi connectivity index (χ0n) is 13.6. The molecule has 0 unspecified atom stereocenters. The van der Waals surface area contributed by atoms with Crippen molar-refractivity contribution in [3.05, 3.63) is 46.5 Å². The minimum atomic E-state index is -0.308. The summed E-state index contributed by atoms with van der Waals surface area (Å²) >= 11 is 0. The van der Waals surface area contributed by atoms with Gasteiger partial charge in [-0.2, -0.15) is 0 Å². The average molecular weight is 317 g/mol. The van der Waals surface area contributed by atoms with Crippen LogP contribution in [-0.2, 0) is 19.5 Å². The van der Waals surface area contributed by atoms with Gasteiger partial charge < -0.3 is 9.47 Å². The van der Waals surface area contributed by atoms with Gasteiger partial charge in [0.05, 0.1) is 14.2 Å². The molecule has 1 aliphatic heterocycles. The van der Waals surface area contributed by atoms with Crippen LogP contribution in [0, 0.1) is 12.7 Å². The molecule has 5 nitrogen and oxygen atoms in total. The minimum absolute atomic E-state index is 0.308. The molecular weight excluding hydrogens is 297 g/mol. The Morgan fingerprint density at radius 3 is 2.74 bits per heavy atom. The maximum absolute atomic E-state index is 13.9. The van der Waals surface area contributed by atoms with E-state index < -0.39 is 0 Å². The number of halogens is 1. The summed E-state index contributed by atoms with van der Waals surface area (Å²) in [5, 5.41) is 0. The number of benzene rings is 1. The van der Waals surface area contributed by atoms with Crippen molar-refractivity contribution >= 4 is 0 Å². The average Bonchev–Trinajstić information content (AvgIpc) is 2.56. The van der Waals surface area contributed by atoms with Gasteiger partial charge in [-0.3, -0.25) is 4.90 Å². The summed E-state index contributed by atoms with van der Waals surface area (Å²) in [6.07, 6.45) is 2.67. The van der Waals surface area contributed by atoms with E-state index >= 15 is 0 Å². The monoisotopic (exact) mass is 317 g/mol.